The van der Waals surface area contributed by atoms with E-state index >= 15 is 0 Å². The minimum atomic E-state index is -0.000116. The first-order valence-corrected chi connectivity index (χ1v) is 7.21. The first kappa shape index (κ1) is 13.8. The normalized spacial score (nSPS) is 30.2. The summed E-state index contributed by atoms with van der Waals surface area (Å²) in [5, 5.41) is 6.28. The van der Waals surface area contributed by atoms with Crippen molar-refractivity contribution in [2.45, 2.75) is 51.6 Å². The van der Waals surface area contributed by atoms with Crippen LogP contribution in [0.1, 0.15) is 39.5 Å². The van der Waals surface area contributed by atoms with Gasteiger partial charge in [0.25, 0.3) is 0 Å². The van der Waals surface area contributed by atoms with E-state index in [-0.39, 0.29) is 17.4 Å². The maximum Gasteiger partial charge on any atom is 0.238 e. The molecule has 2 fully saturated rings. The van der Waals surface area contributed by atoms with E-state index in [2.05, 4.69) is 29.4 Å². The van der Waals surface area contributed by atoms with E-state index in [1.807, 2.05) is 7.05 Å². The van der Waals surface area contributed by atoms with Gasteiger partial charge in [-0.25, -0.2) is 0 Å². The first-order chi connectivity index (χ1) is 8.53. The standard InChI is InChI=1S/C14H27N3O/c1-14(2)9-16-13(18)12(8-15-3)17(10-14)11-6-4-5-7-11/h11-12,15H,4-10H2,1-3H3,(H,16,18). The highest BCUT2D eigenvalue weighted by Crippen LogP contribution is 2.30. The van der Waals surface area contributed by atoms with E-state index in [0.717, 1.165) is 19.6 Å². The second kappa shape index (κ2) is 5.57. The zero-order valence-electron chi connectivity index (χ0n) is 12.0. The van der Waals surface area contributed by atoms with Gasteiger partial charge in [0.15, 0.2) is 0 Å². The van der Waals surface area contributed by atoms with Gasteiger partial charge in [-0.05, 0) is 25.3 Å². The summed E-state index contributed by atoms with van der Waals surface area (Å²) in [4.78, 5) is 14.7. The third kappa shape index (κ3) is 3.04. The lowest BCUT2D eigenvalue weighted by Gasteiger charge is -2.37. The number of hydrogen-bond donors (Lipinski definition) is 2. The van der Waals surface area contributed by atoms with Gasteiger partial charge in [0.1, 0.15) is 6.04 Å². The van der Waals surface area contributed by atoms with Crippen molar-refractivity contribution < 1.29 is 4.79 Å². The van der Waals surface area contributed by atoms with Crippen LogP contribution in [0.4, 0.5) is 0 Å². The fourth-order valence-electron chi connectivity index (χ4n) is 3.28. The minimum Gasteiger partial charge on any atom is -0.354 e. The zero-order valence-corrected chi connectivity index (χ0v) is 12.0. The number of amides is 1. The Morgan fingerprint density at radius 1 is 1.39 bits per heavy atom. The molecule has 2 N–H and O–H groups in total. The SMILES string of the molecule is CNCC1C(=O)NCC(C)(C)CN1C1CCCC1. The van der Waals surface area contributed by atoms with Gasteiger partial charge in [0, 0.05) is 25.7 Å². The van der Waals surface area contributed by atoms with Gasteiger partial charge in [-0.3, -0.25) is 9.69 Å². The Hall–Kier alpha value is -0.610. The van der Waals surface area contributed by atoms with Crippen molar-refractivity contribution in [3.8, 4) is 0 Å². The number of likely N-dealkylation sites (N-methyl/N-ethyl adjacent to an activating group) is 1. The molecule has 1 atom stereocenters. The third-order valence-electron chi connectivity index (χ3n) is 4.25. The summed E-state index contributed by atoms with van der Waals surface area (Å²) < 4.78 is 0. The van der Waals surface area contributed by atoms with Crippen molar-refractivity contribution >= 4 is 5.91 Å². The molecular formula is C14H27N3O. The second-order valence-electron chi connectivity index (χ2n) is 6.57. The van der Waals surface area contributed by atoms with E-state index in [1.165, 1.54) is 25.7 Å². The molecule has 0 bridgehead atoms. The second-order valence-corrected chi connectivity index (χ2v) is 6.57. The van der Waals surface area contributed by atoms with Crippen LogP contribution in [0.15, 0.2) is 0 Å². The van der Waals surface area contributed by atoms with Crippen LogP contribution in [0, 0.1) is 5.41 Å². The molecule has 4 heteroatoms. The molecule has 2 rings (SSSR count). The highest BCUT2D eigenvalue weighted by atomic mass is 16.2. The van der Waals surface area contributed by atoms with Gasteiger partial charge < -0.3 is 10.6 Å². The first-order valence-electron chi connectivity index (χ1n) is 7.21. The van der Waals surface area contributed by atoms with Crippen LogP contribution in [0.2, 0.25) is 0 Å². The van der Waals surface area contributed by atoms with Crippen molar-refractivity contribution in [1.29, 1.82) is 0 Å². The van der Waals surface area contributed by atoms with Crippen molar-refractivity contribution in [1.82, 2.24) is 15.5 Å². The Morgan fingerprint density at radius 2 is 2.06 bits per heavy atom. The van der Waals surface area contributed by atoms with E-state index in [4.69, 9.17) is 0 Å². The monoisotopic (exact) mass is 253 g/mol. The summed E-state index contributed by atoms with van der Waals surface area (Å²) in [5.74, 6) is 0.196. The van der Waals surface area contributed by atoms with Crippen LogP contribution in [-0.2, 0) is 4.79 Å². The van der Waals surface area contributed by atoms with Crippen molar-refractivity contribution in [3.63, 3.8) is 0 Å². The average molecular weight is 253 g/mol. The van der Waals surface area contributed by atoms with Gasteiger partial charge in [-0.2, -0.15) is 0 Å². The molecule has 0 aromatic carbocycles. The van der Waals surface area contributed by atoms with Gasteiger partial charge >= 0.3 is 0 Å². The topological polar surface area (TPSA) is 44.4 Å². The highest BCUT2D eigenvalue weighted by molar-refractivity contribution is 5.82. The number of carbonyl (C=O) groups is 1. The Balaban J connectivity index is 2.18. The molecule has 4 nitrogen and oxygen atoms in total. The lowest BCUT2D eigenvalue weighted by Crippen LogP contribution is -2.53. The maximum atomic E-state index is 12.3. The van der Waals surface area contributed by atoms with E-state index in [1.54, 1.807) is 0 Å². The number of nitrogens with one attached hydrogen (secondary N) is 2. The van der Waals surface area contributed by atoms with Gasteiger partial charge in [0.2, 0.25) is 5.91 Å². The third-order valence-corrected chi connectivity index (χ3v) is 4.25. The van der Waals surface area contributed by atoms with Crippen LogP contribution in [0.5, 0.6) is 0 Å². The van der Waals surface area contributed by atoms with Crippen LogP contribution >= 0.6 is 0 Å². The molecule has 1 aliphatic heterocycles. The Kier molecular flexibility index (Phi) is 4.28. The van der Waals surface area contributed by atoms with Crippen molar-refractivity contribution in [2.24, 2.45) is 5.41 Å². The van der Waals surface area contributed by atoms with Crippen molar-refractivity contribution in [2.75, 3.05) is 26.7 Å². The summed E-state index contributed by atoms with van der Waals surface area (Å²) in [6.07, 6.45) is 5.14. The van der Waals surface area contributed by atoms with E-state index in [9.17, 15) is 4.79 Å². The smallest absolute Gasteiger partial charge is 0.238 e. The minimum absolute atomic E-state index is 0.000116. The Morgan fingerprint density at radius 3 is 2.67 bits per heavy atom. The molecule has 18 heavy (non-hydrogen) atoms. The average Bonchev–Trinajstić information content (AvgIpc) is 2.81. The van der Waals surface area contributed by atoms with Crippen molar-refractivity contribution in [3.05, 3.63) is 0 Å². The predicted octanol–water partition coefficient (Wildman–Crippen LogP) is 0.975. The molecular weight excluding hydrogens is 226 g/mol. The van der Waals surface area contributed by atoms with Crippen LogP contribution in [-0.4, -0.2) is 49.6 Å². The number of hydrogen-bond acceptors (Lipinski definition) is 3. The maximum absolute atomic E-state index is 12.3. The van der Waals surface area contributed by atoms with E-state index < -0.39 is 0 Å². The molecule has 1 unspecified atom stereocenters. The van der Waals surface area contributed by atoms with Gasteiger partial charge in [-0.1, -0.05) is 26.7 Å². The molecule has 2 aliphatic rings. The summed E-state index contributed by atoms with van der Waals surface area (Å²) in [6.45, 7) is 7.05. The number of carbonyl (C=O) groups excluding carboxylic acids is 1. The molecule has 0 radical (unpaired) electrons. The quantitative estimate of drug-likeness (QED) is 0.788. The lowest BCUT2D eigenvalue weighted by molar-refractivity contribution is -0.126. The van der Waals surface area contributed by atoms with Crippen LogP contribution in [0.25, 0.3) is 0 Å². The van der Waals surface area contributed by atoms with Crippen LogP contribution < -0.4 is 10.6 Å². The fourth-order valence-corrected chi connectivity index (χ4v) is 3.28. The molecule has 104 valence electrons. The number of rotatable bonds is 3. The molecule has 1 amide bonds. The Labute approximate surface area is 110 Å². The fraction of sp³-hybridized carbons (Fsp3) is 0.929. The summed E-state index contributed by atoms with van der Waals surface area (Å²) in [7, 11) is 1.93. The lowest BCUT2D eigenvalue weighted by atomic mass is 9.92. The molecule has 0 aromatic rings. The predicted molar refractivity (Wildman–Crippen MR) is 73.5 cm³/mol. The molecule has 0 aromatic heterocycles. The molecule has 1 aliphatic carbocycles. The molecule has 1 heterocycles. The largest absolute Gasteiger partial charge is 0.354 e. The Bertz CT molecular complexity index is 297. The highest BCUT2D eigenvalue weighted by Gasteiger charge is 2.38. The van der Waals surface area contributed by atoms with Gasteiger partial charge in [0.05, 0.1) is 0 Å². The molecule has 0 spiro atoms. The summed E-state index contributed by atoms with van der Waals surface area (Å²) in [5.41, 5.74) is 0.167. The zero-order chi connectivity index (χ0) is 13.2. The van der Waals surface area contributed by atoms with Gasteiger partial charge in [-0.15, -0.1) is 0 Å². The summed E-state index contributed by atoms with van der Waals surface area (Å²) >= 11 is 0. The van der Waals surface area contributed by atoms with E-state index in [0.29, 0.717) is 6.04 Å². The molecule has 1 saturated heterocycles. The molecule has 1 saturated carbocycles. The van der Waals surface area contributed by atoms with Crippen LogP contribution in [0.3, 0.4) is 0 Å². The summed E-state index contributed by atoms with van der Waals surface area (Å²) in [6, 6.07) is 0.603. The number of nitrogens with zero attached hydrogens (tertiary/aromatic N) is 1.